The van der Waals surface area contributed by atoms with Gasteiger partial charge in [0.15, 0.2) is 0 Å². The number of hydrogen-bond acceptors (Lipinski definition) is 4. The second kappa shape index (κ2) is 8.08. The van der Waals surface area contributed by atoms with Gasteiger partial charge in [-0.1, -0.05) is 22.0 Å². The summed E-state index contributed by atoms with van der Waals surface area (Å²) in [4.78, 5) is 18.2. The van der Waals surface area contributed by atoms with Gasteiger partial charge in [-0.25, -0.2) is 0 Å². The molecule has 0 aliphatic carbocycles. The number of amides is 1. The fraction of sp³-hybridized carbons (Fsp3) is 0.294. The number of rotatable bonds is 6. The van der Waals surface area contributed by atoms with Gasteiger partial charge in [0.1, 0.15) is 5.75 Å². The molecule has 122 valence electrons. The lowest BCUT2D eigenvalue weighted by Crippen LogP contribution is -2.44. The first-order valence-corrected chi connectivity index (χ1v) is 8.21. The fourth-order valence-electron chi connectivity index (χ4n) is 2.33. The van der Waals surface area contributed by atoms with E-state index in [-0.39, 0.29) is 11.7 Å². The molecule has 1 heterocycles. The SMILES string of the molecule is CCN(Cc1cc(Br)ccc1O)C(=O)C(N)Cc1cccnc1. The second-order valence-corrected chi connectivity index (χ2v) is 6.21. The van der Waals surface area contributed by atoms with E-state index in [1.54, 1.807) is 35.5 Å². The van der Waals surface area contributed by atoms with E-state index < -0.39 is 6.04 Å². The summed E-state index contributed by atoms with van der Waals surface area (Å²) in [6.45, 7) is 2.73. The number of halogens is 1. The number of nitrogens with zero attached hydrogens (tertiary/aromatic N) is 2. The third-order valence-electron chi connectivity index (χ3n) is 3.59. The van der Waals surface area contributed by atoms with E-state index in [1.807, 2.05) is 19.1 Å². The number of aromatic nitrogens is 1. The number of aromatic hydroxyl groups is 1. The summed E-state index contributed by atoms with van der Waals surface area (Å²) < 4.78 is 0.855. The van der Waals surface area contributed by atoms with Gasteiger partial charge in [0.25, 0.3) is 0 Å². The van der Waals surface area contributed by atoms with Crippen molar-refractivity contribution in [2.75, 3.05) is 6.54 Å². The van der Waals surface area contributed by atoms with Gasteiger partial charge in [0, 0.05) is 35.5 Å². The standard InChI is InChI=1S/C17H20BrN3O2/c1-2-21(11-13-9-14(18)5-6-16(13)22)17(23)15(19)8-12-4-3-7-20-10-12/h3-7,9-10,15,22H,2,8,11,19H2,1H3. The highest BCUT2D eigenvalue weighted by Crippen LogP contribution is 2.23. The number of benzene rings is 1. The summed E-state index contributed by atoms with van der Waals surface area (Å²) >= 11 is 3.37. The zero-order valence-corrected chi connectivity index (χ0v) is 14.5. The molecule has 2 aromatic rings. The Morgan fingerprint density at radius 1 is 1.43 bits per heavy atom. The maximum Gasteiger partial charge on any atom is 0.240 e. The van der Waals surface area contributed by atoms with Crippen molar-refractivity contribution in [3.05, 3.63) is 58.3 Å². The van der Waals surface area contributed by atoms with Crippen LogP contribution in [0, 0.1) is 0 Å². The zero-order chi connectivity index (χ0) is 16.8. The number of likely N-dealkylation sites (N-methyl/N-ethyl adjacent to an activating group) is 1. The lowest BCUT2D eigenvalue weighted by atomic mass is 10.1. The number of hydrogen-bond donors (Lipinski definition) is 2. The summed E-state index contributed by atoms with van der Waals surface area (Å²) in [5.74, 6) is 0.0241. The van der Waals surface area contributed by atoms with E-state index in [2.05, 4.69) is 20.9 Å². The van der Waals surface area contributed by atoms with Gasteiger partial charge in [0.05, 0.1) is 6.04 Å². The molecule has 1 atom stereocenters. The van der Waals surface area contributed by atoms with Crippen molar-refractivity contribution in [2.45, 2.75) is 25.9 Å². The highest BCUT2D eigenvalue weighted by Gasteiger charge is 2.21. The predicted octanol–water partition coefficient (Wildman–Crippen LogP) is 2.47. The molecule has 0 aliphatic rings. The summed E-state index contributed by atoms with van der Waals surface area (Å²) in [7, 11) is 0. The monoisotopic (exact) mass is 377 g/mol. The van der Waals surface area contributed by atoms with Crippen molar-refractivity contribution in [1.82, 2.24) is 9.88 Å². The van der Waals surface area contributed by atoms with Crippen LogP contribution in [0.1, 0.15) is 18.1 Å². The Hall–Kier alpha value is -1.92. The number of phenolic OH excluding ortho intramolecular Hbond substituents is 1. The Balaban J connectivity index is 2.07. The molecule has 3 N–H and O–H groups in total. The maximum absolute atomic E-state index is 12.6. The first-order valence-electron chi connectivity index (χ1n) is 7.42. The summed E-state index contributed by atoms with van der Waals surface area (Å²) in [5, 5.41) is 9.94. The van der Waals surface area contributed by atoms with Gasteiger partial charge in [-0.05, 0) is 43.2 Å². The quantitative estimate of drug-likeness (QED) is 0.810. The molecule has 5 nitrogen and oxygen atoms in total. The average Bonchev–Trinajstić information content (AvgIpc) is 2.56. The highest BCUT2D eigenvalue weighted by atomic mass is 79.9. The van der Waals surface area contributed by atoms with E-state index in [0.717, 1.165) is 10.0 Å². The maximum atomic E-state index is 12.6. The zero-order valence-electron chi connectivity index (χ0n) is 12.9. The van der Waals surface area contributed by atoms with Crippen LogP contribution in [0.25, 0.3) is 0 Å². The molecule has 6 heteroatoms. The molecule has 0 saturated heterocycles. The molecule has 0 spiro atoms. The van der Waals surface area contributed by atoms with Crippen molar-refractivity contribution in [1.29, 1.82) is 0 Å². The van der Waals surface area contributed by atoms with E-state index in [1.165, 1.54) is 0 Å². The van der Waals surface area contributed by atoms with Gasteiger partial charge >= 0.3 is 0 Å². The summed E-state index contributed by atoms with van der Waals surface area (Å²) in [5.41, 5.74) is 7.67. The second-order valence-electron chi connectivity index (χ2n) is 5.30. The van der Waals surface area contributed by atoms with Crippen LogP contribution < -0.4 is 5.73 Å². The van der Waals surface area contributed by atoms with E-state index in [9.17, 15) is 9.90 Å². The van der Waals surface area contributed by atoms with Crippen molar-refractivity contribution < 1.29 is 9.90 Å². The van der Waals surface area contributed by atoms with E-state index in [4.69, 9.17) is 5.73 Å². The predicted molar refractivity (Wildman–Crippen MR) is 92.8 cm³/mol. The lowest BCUT2D eigenvalue weighted by Gasteiger charge is -2.25. The van der Waals surface area contributed by atoms with Crippen LogP contribution in [0.3, 0.4) is 0 Å². The van der Waals surface area contributed by atoms with Crippen molar-refractivity contribution >= 4 is 21.8 Å². The van der Waals surface area contributed by atoms with Crippen LogP contribution in [0.15, 0.2) is 47.2 Å². The Morgan fingerprint density at radius 3 is 2.87 bits per heavy atom. The summed E-state index contributed by atoms with van der Waals surface area (Å²) in [6.07, 6.45) is 3.84. The molecule has 0 aliphatic heterocycles. The van der Waals surface area contributed by atoms with Crippen molar-refractivity contribution in [2.24, 2.45) is 5.73 Å². The molecule has 23 heavy (non-hydrogen) atoms. The first kappa shape index (κ1) is 17.4. The molecular formula is C17H20BrN3O2. The van der Waals surface area contributed by atoms with Gasteiger partial charge < -0.3 is 15.7 Å². The molecule has 0 bridgehead atoms. The number of nitrogens with two attached hydrogens (primary N) is 1. The Kier molecular flexibility index (Phi) is 6.12. The molecule has 0 saturated carbocycles. The summed E-state index contributed by atoms with van der Waals surface area (Å²) in [6, 6.07) is 8.25. The normalized spacial score (nSPS) is 12.0. The minimum Gasteiger partial charge on any atom is -0.508 e. The Labute approximate surface area is 144 Å². The minimum atomic E-state index is -0.631. The van der Waals surface area contributed by atoms with Gasteiger partial charge in [0.2, 0.25) is 5.91 Å². The number of pyridine rings is 1. The van der Waals surface area contributed by atoms with Crippen LogP contribution in [0.5, 0.6) is 5.75 Å². The third-order valence-corrected chi connectivity index (χ3v) is 4.08. The van der Waals surface area contributed by atoms with Crippen molar-refractivity contribution in [3.63, 3.8) is 0 Å². The molecule has 2 rings (SSSR count). The Bertz CT molecular complexity index is 664. The van der Waals surface area contributed by atoms with Gasteiger partial charge in [-0.2, -0.15) is 0 Å². The van der Waals surface area contributed by atoms with Crippen LogP contribution in [-0.4, -0.2) is 33.5 Å². The Morgan fingerprint density at radius 2 is 2.22 bits per heavy atom. The van der Waals surface area contributed by atoms with E-state index >= 15 is 0 Å². The number of phenols is 1. The van der Waals surface area contributed by atoms with Crippen LogP contribution in [-0.2, 0) is 17.8 Å². The topological polar surface area (TPSA) is 79.5 Å². The highest BCUT2D eigenvalue weighted by molar-refractivity contribution is 9.10. The molecular weight excluding hydrogens is 358 g/mol. The molecule has 0 radical (unpaired) electrons. The molecule has 1 aromatic carbocycles. The molecule has 1 unspecified atom stereocenters. The van der Waals surface area contributed by atoms with Crippen LogP contribution >= 0.6 is 15.9 Å². The van der Waals surface area contributed by atoms with E-state index in [0.29, 0.717) is 25.1 Å². The van der Waals surface area contributed by atoms with Crippen LogP contribution in [0.2, 0.25) is 0 Å². The number of carbonyl (C=O) groups is 1. The lowest BCUT2D eigenvalue weighted by molar-refractivity contribution is -0.133. The fourth-order valence-corrected chi connectivity index (χ4v) is 2.74. The number of carbonyl (C=O) groups excluding carboxylic acids is 1. The first-order chi connectivity index (χ1) is 11.0. The molecule has 0 fully saturated rings. The van der Waals surface area contributed by atoms with Crippen molar-refractivity contribution in [3.8, 4) is 5.75 Å². The van der Waals surface area contributed by atoms with Gasteiger partial charge in [-0.15, -0.1) is 0 Å². The smallest absolute Gasteiger partial charge is 0.240 e. The molecule has 1 aromatic heterocycles. The van der Waals surface area contributed by atoms with Gasteiger partial charge in [-0.3, -0.25) is 9.78 Å². The minimum absolute atomic E-state index is 0.143. The largest absolute Gasteiger partial charge is 0.508 e. The average molecular weight is 378 g/mol. The third kappa shape index (κ3) is 4.77. The molecule has 1 amide bonds. The van der Waals surface area contributed by atoms with Crippen LogP contribution in [0.4, 0.5) is 0 Å².